The molecule has 1 atom stereocenters. The van der Waals surface area contributed by atoms with E-state index in [0.717, 1.165) is 12.8 Å². The van der Waals surface area contributed by atoms with Gasteiger partial charge in [-0.2, -0.15) is 0 Å². The first kappa shape index (κ1) is 10.5. The van der Waals surface area contributed by atoms with Gasteiger partial charge in [-0.15, -0.1) is 0 Å². The minimum absolute atomic E-state index is 0.0224. The Balaban J connectivity index is 3.63. The molecule has 2 N–H and O–H groups in total. The van der Waals surface area contributed by atoms with Gasteiger partial charge in [0.05, 0.1) is 0 Å². The van der Waals surface area contributed by atoms with Crippen LogP contribution in [0.4, 0.5) is 0 Å². The van der Waals surface area contributed by atoms with Crippen LogP contribution in [-0.2, 0) is 4.79 Å². The van der Waals surface area contributed by atoms with E-state index in [1.54, 1.807) is 0 Å². The number of nitrogens with two attached hydrogens (primary N) is 1. The second-order valence-corrected chi connectivity index (χ2v) is 4.40. The van der Waals surface area contributed by atoms with E-state index >= 15 is 0 Å². The third kappa shape index (κ3) is 5.89. The maximum Gasteiger partial charge on any atom is 0.220 e. The van der Waals surface area contributed by atoms with Crippen LogP contribution >= 0.6 is 0 Å². The lowest BCUT2D eigenvalue weighted by Crippen LogP contribution is -2.21. The predicted octanol–water partition coefficient (Wildman–Crippen LogP) is 1.93. The molecule has 0 bridgehead atoms. The standard InChI is InChI=1S/C9H19NO/c1-7(8(10)11)5-6-9(2,3)4/h7H,5-6H2,1-4H3,(H2,10,11)/t7-/m1/s1. The lowest BCUT2D eigenvalue weighted by molar-refractivity contribution is -0.121. The van der Waals surface area contributed by atoms with Crippen molar-refractivity contribution in [2.75, 3.05) is 0 Å². The molecule has 11 heavy (non-hydrogen) atoms. The molecule has 0 aromatic rings. The number of carbonyl (C=O) groups excluding carboxylic acids is 1. The van der Waals surface area contributed by atoms with Gasteiger partial charge >= 0.3 is 0 Å². The molecular weight excluding hydrogens is 138 g/mol. The van der Waals surface area contributed by atoms with Crippen LogP contribution in [0.25, 0.3) is 0 Å². The zero-order chi connectivity index (χ0) is 9.07. The van der Waals surface area contributed by atoms with E-state index in [4.69, 9.17) is 5.73 Å². The van der Waals surface area contributed by atoms with Gasteiger partial charge in [0, 0.05) is 5.92 Å². The van der Waals surface area contributed by atoms with Crippen molar-refractivity contribution in [1.29, 1.82) is 0 Å². The van der Waals surface area contributed by atoms with E-state index in [0.29, 0.717) is 5.41 Å². The maximum atomic E-state index is 10.6. The Hall–Kier alpha value is -0.530. The molecule has 0 aromatic heterocycles. The molecule has 0 saturated carbocycles. The number of hydrogen-bond acceptors (Lipinski definition) is 1. The summed E-state index contributed by atoms with van der Waals surface area (Å²) in [5, 5.41) is 0. The number of amides is 1. The molecule has 0 spiro atoms. The third-order valence-electron chi connectivity index (χ3n) is 1.81. The monoisotopic (exact) mass is 157 g/mol. The summed E-state index contributed by atoms with van der Waals surface area (Å²) < 4.78 is 0. The molecule has 1 amide bonds. The highest BCUT2D eigenvalue weighted by Gasteiger charge is 2.14. The van der Waals surface area contributed by atoms with Crippen LogP contribution in [0.3, 0.4) is 0 Å². The van der Waals surface area contributed by atoms with Gasteiger partial charge < -0.3 is 5.73 Å². The van der Waals surface area contributed by atoms with Gasteiger partial charge in [-0.3, -0.25) is 4.79 Å². The molecule has 0 aliphatic heterocycles. The van der Waals surface area contributed by atoms with E-state index in [1.807, 2.05) is 6.92 Å². The molecule has 2 nitrogen and oxygen atoms in total. The SMILES string of the molecule is C[C@H](CCC(C)(C)C)C(N)=O. The molecular formula is C9H19NO. The molecule has 0 fully saturated rings. The van der Waals surface area contributed by atoms with Gasteiger partial charge in [0.15, 0.2) is 0 Å². The fourth-order valence-electron chi connectivity index (χ4n) is 0.792. The normalized spacial score (nSPS) is 14.5. The quantitative estimate of drug-likeness (QED) is 0.668. The first-order valence-electron chi connectivity index (χ1n) is 4.12. The van der Waals surface area contributed by atoms with Crippen molar-refractivity contribution in [2.45, 2.75) is 40.5 Å². The lowest BCUT2D eigenvalue weighted by atomic mass is 9.87. The summed E-state index contributed by atoms with van der Waals surface area (Å²) in [7, 11) is 0. The summed E-state index contributed by atoms with van der Waals surface area (Å²) >= 11 is 0. The lowest BCUT2D eigenvalue weighted by Gasteiger charge is -2.19. The Morgan fingerprint density at radius 3 is 2.18 bits per heavy atom. The van der Waals surface area contributed by atoms with Gasteiger partial charge in [-0.25, -0.2) is 0 Å². The fraction of sp³-hybridized carbons (Fsp3) is 0.889. The van der Waals surface area contributed by atoms with Gasteiger partial charge in [-0.1, -0.05) is 27.7 Å². The Labute approximate surface area is 69.2 Å². The third-order valence-corrected chi connectivity index (χ3v) is 1.81. The van der Waals surface area contributed by atoms with E-state index in [-0.39, 0.29) is 11.8 Å². The van der Waals surface area contributed by atoms with E-state index in [1.165, 1.54) is 0 Å². The molecule has 0 aromatic carbocycles. The molecule has 0 radical (unpaired) electrons. The zero-order valence-corrected chi connectivity index (χ0v) is 7.98. The van der Waals surface area contributed by atoms with Crippen molar-refractivity contribution in [3.05, 3.63) is 0 Å². The van der Waals surface area contributed by atoms with Crippen molar-refractivity contribution in [1.82, 2.24) is 0 Å². The van der Waals surface area contributed by atoms with Gasteiger partial charge in [0.25, 0.3) is 0 Å². The molecule has 0 aliphatic carbocycles. The molecule has 66 valence electrons. The number of hydrogen-bond donors (Lipinski definition) is 1. The summed E-state index contributed by atoms with van der Waals surface area (Å²) in [6, 6.07) is 0. The molecule has 0 unspecified atom stereocenters. The summed E-state index contributed by atoms with van der Waals surface area (Å²) in [4.78, 5) is 10.6. The summed E-state index contributed by atoms with van der Waals surface area (Å²) in [6.45, 7) is 8.39. The van der Waals surface area contributed by atoms with Crippen molar-refractivity contribution < 1.29 is 4.79 Å². The van der Waals surface area contributed by atoms with Crippen LogP contribution in [0.1, 0.15) is 40.5 Å². The molecule has 2 heteroatoms. The minimum atomic E-state index is -0.186. The van der Waals surface area contributed by atoms with E-state index in [9.17, 15) is 4.79 Å². The van der Waals surface area contributed by atoms with Gasteiger partial charge in [0.1, 0.15) is 0 Å². The van der Waals surface area contributed by atoms with E-state index < -0.39 is 0 Å². The number of primary amides is 1. The second kappa shape index (κ2) is 3.74. The van der Waals surface area contributed by atoms with Crippen molar-refractivity contribution in [2.24, 2.45) is 17.1 Å². The van der Waals surface area contributed by atoms with Crippen LogP contribution in [0, 0.1) is 11.3 Å². The van der Waals surface area contributed by atoms with Gasteiger partial charge in [0.2, 0.25) is 5.91 Å². The highest BCUT2D eigenvalue weighted by molar-refractivity contribution is 5.76. The highest BCUT2D eigenvalue weighted by Crippen LogP contribution is 2.23. The topological polar surface area (TPSA) is 43.1 Å². The zero-order valence-electron chi connectivity index (χ0n) is 7.98. The van der Waals surface area contributed by atoms with Crippen molar-refractivity contribution >= 4 is 5.91 Å². The first-order valence-corrected chi connectivity index (χ1v) is 4.12. The molecule has 0 heterocycles. The Morgan fingerprint density at radius 2 is 1.91 bits per heavy atom. The highest BCUT2D eigenvalue weighted by atomic mass is 16.1. The van der Waals surface area contributed by atoms with E-state index in [2.05, 4.69) is 20.8 Å². The summed E-state index contributed by atoms with van der Waals surface area (Å²) in [5.74, 6) is -0.163. The molecule has 0 rings (SSSR count). The predicted molar refractivity (Wildman–Crippen MR) is 47.0 cm³/mol. The maximum absolute atomic E-state index is 10.6. The summed E-state index contributed by atoms with van der Waals surface area (Å²) in [5.41, 5.74) is 5.44. The van der Waals surface area contributed by atoms with Crippen molar-refractivity contribution in [3.63, 3.8) is 0 Å². The van der Waals surface area contributed by atoms with Crippen LogP contribution in [0.2, 0.25) is 0 Å². The largest absolute Gasteiger partial charge is 0.369 e. The smallest absolute Gasteiger partial charge is 0.220 e. The number of rotatable bonds is 3. The van der Waals surface area contributed by atoms with Crippen molar-refractivity contribution in [3.8, 4) is 0 Å². The van der Waals surface area contributed by atoms with Gasteiger partial charge in [-0.05, 0) is 18.3 Å². The average molecular weight is 157 g/mol. The van der Waals surface area contributed by atoms with Crippen LogP contribution < -0.4 is 5.73 Å². The Morgan fingerprint density at radius 1 is 1.45 bits per heavy atom. The van der Waals surface area contributed by atoms with Crippen LogP contribution in [0.5, 0.6) is 0 Å². The Kier molecular flexibility index (Phi) is 3.56. The minimum Gasteiger partial charge on any atom is -0.369 e. The summed E-state index contributed by atoms with van der Waals surface area (Å²) in [6.07, 6.45) is 1.95. The van der Waals surface area contributed by atoms with Crippen LogP contribution in [0.15, 0.2) is 0 Å². The number of carbonyl (C=O) groups is 1. The first-order chi connectivity index (χ1) is 4.83. The van der Waals surface area contributed by atoms with Crippen LogP contribution in [-0.4, -0.2) is 5.91 Å². The fourth-order valence-corrected chi connectivity index (χ4v) is 0.792. The average Bonchev–Trinajstić information content (AvgIpc) is 1.80. The molecule has 0 aliphatic rings. The Bertz CT molecular complexity index is 135. The molecule has 0 saturated heterocycles. The second-order valence-electron chi connectivity index (χ2n) is 4.40.